The Morgan fingerprint density at radius 3 is 3.17 bits per heavy atom. The summed E-state index contributed by atoms with van der Waals surface area (Å²) in [5.41, 5.74) is 1.40. The zero-order valence-corrected chi connectivity index (χ0v) is 11.2. The summed E-state index contributed by atoms with van der Waals surface area (Å²) in [5, 5.41) is 3.54. The Morgan fingerprint density at radius 1 is 1.44 bits per heavy atom. The van der Waals surface area contributed by atoms with Gasteiger partial charge in [-0.2, -0.15) is 0 Å². The van der Waals surface area contributed by atoms with Gasteiger partial charge in [0, 0.05) is 10.9 Å². The predicted octanol–water partition coefficient (Wildman–Crippen LogP) is 3.31. The van der Waals surface area contributed by atoms with Crippen molar-refractivity contribution in [2.24, 2.45) is 0 Å². The molecule has 1 aromatic heterocycles. The van der Waals surface area contributed by atoms with E-state index >= 15 is 0 Å². The first-order valence-electron chi connectivity index (χ1n) is 6.19. The van der Waals surface area contributed by atoms with E-state index in [1.165, 1.54) is 16.2 Å². The maximum atomic E-state index is 5.48. The molecule has 0 saturated carbocycles. The lowest BCUT2D eigenvalue weighted by atomic mass is 10.0. The zero-order chi connectivity index (χ0) is 12.4. The molecule has 1 aliphatic rings. The molecule has 0 amide bonds. The molecule has 0 radical (unpaired) electrons. The topological polar surface area (TPSA) is 38.1 Å². The van der Waals surface area contributed by atoms with Gasteiger partial charge in [0.05, 0.1) is 12.7 Å². The molecule has 1 N–H and O–H groups in total. The SMILES string of the molecule is Cc1cnc(CNC2CCSc3ccccc32)o1. The van der Waals surface area contributed by atoms with Crippen molar-refractivity contribution < 1.29 is 4.42 Å². The summed E-state index contributed by atoms with van der Waals surface area (Å²) in [6.07, 6.45) is 2.92. The Bertz CT molecular complexity index is 538. The first-order chi connectivity index (χ1) is 8.83. The van der Waals surface area contributed by atoms with Crippen molar-refractivity contribution in [3.8, 4) is 0 Å². The van der Waals surface area contributed by atoms with Crippen LogP contribution in [0.25, 0.3) is 0 Å². The molecular formula is C14H16N2OS. The van der Waals surface area contributed by atoms with Gasteiger partial charge in [0.25, 0.3) is 0 Å². The van der Waals surface area contributed by atoms with Crippen molar-refractivity contribution in [3.05, 3.63) is 47.7 Å². The van der Waals surface area contributed by atoms with E-state index < -0.39 is 0 Å². The number of nitrogens with zero attached hydrogens (tertiary/aromatic N) is 1. The molecule has 0 saturated heterocycles. The lowest BCUT2D eigenvalue weighted by molar-refractivity contribution is 0.417. The minimum atomic E-state index is 0.412. The molecule has 3 rings (SSSR count). The van der Waals surface area contributed by atoms with Crippen LogP contribution in [-0.2, 0) is 6.54 Å². The fourth-order valence-corrected chi connectivity index (χ4v) is 3.37. The fourth-order valence-electron chi connectivity index (χ4n) is 2.25. The summed E-state index contributed by atoms with van der Waals surface area (Å²) in [7, 11) is 0. The second kappa shape index (κ2) is 5.16. The smallest absolute Gasteiger partial charge is 0.208 e. The Hall–Kier alpha value is -1.26. The molecule has 1 atom stereocenters. The number of hydrogen-bond acceptors (Lipinski definition) is 4. The highest BCUT2D eigenvalue weighted by Gasteiger charge is 2.20. The zero-order valence-electron chi connectivity index (χ0n) is 10.3. The van der Waals surface area contributed by atoms with Gasteiger partial charge in [-0.1, -0.05) is 18.2 Å². The largest absolute Gasteiger partial charge is 0.445 e. The first-order valence-corrected chi connectivity index (χ1v) is 7.18. The molecule has 2 heterocycles. The van der Waals surface area contributed by atoms with E-state index in [-0.39, 0.29) is 0 Å². The molecular weight excluding hydrogens is 244 g/mol. The van der Waals surface area contributed by atoms with E-state index in [0.717, 1.165) is 18.1 Å². The standard InChI is InChI=1S/C14H16N2OS/c1-10-8-16-14(17-10)9-15-12-6-7-18-13-5-3-2-4-11(12)13/h2-5,8,12,15H,6-7,9H2,1H3. The maximum absolute atomic E-state index is 5.48. The first kappa shape index (κ1) is 11.8. The van der Waals surface area contributed by atoms with Crippen molar-refractivity contribution >= 4 is 11.8 Å². The monoisotopic (exact) mass is 260 g/mol. The van der Waals surface area contributed by atoms with Crippen LogP contribution in [0, 0.1) is 6.92 Å². The third-order valence-electron chi connectivity index (χ3n) is 3.13. The van der Waals surface area contributed by atoms with Crippen LogP contribution in [0.4, 0.5) is 0 Å². The van der Waals surface area contributed by atoms with Gasteiger partial charge in [-0.05, 0) is 30.7 Å². The van der Waals surface area contributed by atoms with Crippen molar-refractivity contribution in [2.75, 3.05) is 5.75 Å². The number of benzene rings is 1. The summed E-state index contributed by atoms with van der Waals surface area (Å²) in [6.45, 7) is 2.61. The molecule has 18 heavy (non-hydrogen) atoms. The van der Waals surface area contributed by atoms with Crippen LogP contribution >= 0.6 is 11.8 Å². The third-order valence-corrected chi connectivity index (χ3v) is 4.25. The van der Waals surface area contributed by atoms with Crippen LogP contribution in [0.5, 0.6) is 0 Å². The fraction of sp³-hybridized carbons (Fsp3) is 0.357. The second-order valence-electron chi connectivity index (χ2n) is 4.47. The number of rotatable bonds is 3. The maximum Gasteiger partial charge on any atom is 0.208 e. The highest BCUT2D eigenvalue weighted by molar-refractivity contribution is 7.99. The van der Waals surface area contributed by atoms with Gasteiger partial charge in [-0.3, -0.25) is 0 Å². The average molecular weight is 260 g/mol. The van der Waals surface area contributed by atoms with Crippen molar-refractivity contribution in [1.82, 2.24) is 10.3 Å². The lowest BCUT2D eigenvalue weighted by Gasteiger charge is -2.25. The molecule has 4 heteroatoms. The number of oxazole rings is 1. The van der Waals surface area contributed by atoms with E-state index in [1.54, 1.807) is 6.20 Å². The normalized spacial score (nSPS) is 18.6. The van der Waals surface area contributed by atoms with Gasteiger partial charge in [-0.15, -0.1) is 11.8 Å². The van der Waals surface area contributed by atoms with Crippen LogP contribution in [0.3, 0.4) is 0 Å². The van der Waals surface area contributed by atoms with E-state index in [1.807, 2.05) is 18.7 Å². The summed E-state index contributed by atoms with van der Waals surface area (Å²) in [5.74, 6) is 2.80. The van der Waals surface area contributed by atoms with Crippen LogP contribution in [0.2, 0.25) is 0 Å². The summed E-state index contributed by atoms with van der Waals surface area (Å²) < 4.78 is 5.48. The molecule has 3 nitrogen and oxygen atoms in total. The molecule has 0 aliphatic carbocycles. The van der Waals surface area contributed by atoms with Crippen molar-refractivity contribution in [3.63, 3.8) is 0 Å². The minimum Gasteiger partial charge on any atom is -0.445 e. The number of hydrogen-bond donors (Lipinski definition) is 1. The number of fused-ring (bicyclic) bond motifs is 1. The molecule has 0 spiro atoms. The molecule has 1 aliphatic heterocycles. The molecule has 1 aromatic carbocycles. The van der Waals surface area contributed by atoms with Gasteiger partial charge < -0.3 is 9.73 Å². The minimum absolute atomic E-state index is 0.412. The van der Waals surface area contributed by atoms with E-state index in [2.05, 4.69) is 34.6 Å². The molecule has 0 fully saturated rings. The number of nitrogens with one attached hydrogen (secondary N) is 1. The quantitative estimate of drug-likeness (QED) is 0.919. The van der Waals surface area contributed by atoms with Crippen LogP contribution in [0.15, 0.2) is 39.8 Å². The Kier molecular flexibility index (Phi) is 3.39. The van der Waals surface area contributed by atoms with Crippen molar-refractivity contribution in [2.45, 2.75) is 30.8 Å². The summed E-state index contributed by atoms with van der Waals surface area (Å²) in [4.78, 5) is 5.62. The lowest BCUT2D eigenvalue weighted by Crippen LogP contribution is -2.24. The van der Waals surface area contributed by atoms with Gasteiger partial charge >= 0.3 is 0 Å². The van der Waals surface area contributed by atoms with Gasteiger partial charge in [0.15, 0.2) is 0 Å². The predicted molar refractivity (Wildman–Crippen MR) is 72.6 cm³/mol. The van der Waals surface area contributed by atoms with Crippen LogP contribution < -0.4 is 5.32 Å². The van der Waals surface area contributed by atoms with Crippen molar-refractivity contribution in [1.29, 1.82) is 0 Å². The number of aryl methyl sites for hydroxylation is 1. The molecule has 0 bridgehead atoms. The van der Waals surface area contributed by atoms with E-state index in [9.17, 15) is 0 Å². The van der Waals surface area contributed by atoms with E-state index in [4.69, 9.17) is 4.42 Å². The van der Waals surface area contributed by atoms with Crippen LogP contribution in [-0.4, -0.2) is 10.7 Å². The molecule has 1 unspecified atom stereocenters. The molecule has 2 aromatic rings. The number of aromatic nitrogens is 1. The number of thioether (sulfide) groups is 1. The average Bonchev–Trinajstić information content (AvgIpc) is 2.82. The third kappa shape index (κ3) is 2.44. The van der Waals surface area contributed by atoms with Gasteiger partial charge in [-0.25, -0.2) is 4.98 Å². The van der Waals surface area contributed by atoms with Crippen LogP contribution in [0.1, 0.15) is 29.7 Å². The highest BCUT2D eigenvalue weighted by Crippen LogP contribution is 2.35. The van der Waals surface area contributed by atoms with Gasteiger partial charge in [0.2, 0.25) is 5.89 Å². The Balaban J connectivity index is 1.71. The van der Waals surface area contributed by atoms with E-state index in [0.29, 0.717) is 12.6 Å². The Morgan fingerprint density at radius 2 is 2.33 bits per heavy atom. The van der Waals surface area contributed by atoms with Gasteiger partial charge in [0.1, 0.15) is 5.76 Å². The summed E-state index contributed by atoms with van der Waals surface area (Å²) in [6, 6.07) is 9.03. The highest BCUT2D eigenvalue weighted by atomic mass is 32.2. The Labute approximate surface area is 111 Å². The second-order valence-corrected chi connectivity index (χ2v) is 5.61. The summed E-state index contributed by atoms with van der Waals surface area (Å²) >= 11 is 1.94. The molecule has 94 valence electrons.